The van der Waals surface area contributed by atoms with Crippen molar-refractivity contribution in [2.75, 3.05) is 0 Å². The molecule has 1 fully saturated rings. The lowest BCUT2D eigenvalue weighted by Gasteiger charge is -2.32. The van der Waals surface area contributed by atoms with Gasteiger partial charge in [-0.2, -0.15) is 0 Å². The van der Waals surface area contributed by atoms with E-state index in [0.717, 1.165) is 32.1 Å². The lowest BCUT2D eigenvalue weighted by molar-refractivity contribution is 0.0702. The Bertz CT molecular complexity index is 118. The topological polar surface area (TPSA) is 0 Å². The zero-order valence-electron chi connectivity index (χ0n) is 9.70. The van der Waals surface area contributed by atoms with E-state index in [-0.39, 0.29) is 0 Å². The lowest BCUT2D eigenvalue weighted by Crippen LogP contribution is -2.29. The normalized spacial score (nSPS) is 33.5. The fourth-order valence-corrected chi connectivity index (χ4v) is 2.27. The number of halogens is 1. The van der Waals surface area contributed by atoms with Crippen LogP contribution in [0.4, 0.5) is 4.39 Å². The van der Waals surface area contributed by atoms with Gasteiger partial charge in [-0.15, -0.1) is 0 Å². The molecule has 80 valence electrons. The summed E-state index contributed by atoms with van der Waals surface area (Å²) in [5.41, 5.74) is -0.799. The monoisotopic (exact) mass is 188 g/mol. The van der Waals surface area contributed by atoms with Gasteiger partial charge in [-0.25, -0.2) is 4.39 Å². The van der Waals surface area contributed by atoms with E-state index in [0.29, 0.717) is 5.92 Å². The Kier molecular flexibility index (Phi) is 6.36. The lowest BCUT2D eigenvalue weighted by atomic mass is 9.78. The molecule has 0 aliphatic heterocycles. The summed E-state index contributed by atoms with van der Waals surface area (Å²) in [7, 11) is 0. The average Bonchev–Trinajstić information content (AvgIpc) is 2.07. The molecule has 13 heavy (non-hydrogen) atoms. The summed E-state index contributed by atoms with van der Waals surface area (Å²) in [4.78, 5) is 0. The molecule has 0 amide bonds. The van der Waals surface area contributed by atoms with Gasteiger partial charge in [0.05, 0.1) is 0 Å². The SMILES string of the molecule is CC.CCC[C@]1(F)CCC[C@@H](C)C1. The molecule has 1 saturated carbocycles. The van der Waals surface area contributed by atoms with Crippen molar-refractivity contribution in [3.05, 3.63) is 0 Å². The van der Waals surface area contributed by atoms with E-state index >= 15 is 0 Å². The number of alkyl halides is 1. The molecule has 0 N–H and O–H groups in total. The summed E-state index contributed by atoms with van der Waals surface area (Å²) in [5, 5.41) is 0. The maximum Gasteiger partial charge on any atom is 0.111 e. The molecule has 1 aliphatic carbocycles. The van der Waals surface area contributed by atoms with E-state index in [1.54, 1.807) is 0 Å². The van der Waals surface area contributed by atoms with E-state index in [9.17, 15) is 4.39 Å². The van der Waals surface area contributed by atoms with Crippen molar-refractivity contribution >= 4 is 0 Å². The van der Waals surface area contributed by atoms with Gasteiger partial charge in [-0.3, -0.25) is 0 Å². The number of hydrogen-bond acceptors (Lipinski definition) is 0. The van der Waals surface area contributed by atoms with Crippen LogP contribution in [0.3, 0.4) is 0 Å². The largest absolute Gasteiger partial charge is 0.244 e. The molecule has 0 spiro atoms. The van der Waals surface area contributed by atoms with Crippen molar-refractivity contribution in [3.63, 3.8) is 0 Å². The Morgan fingerprint density at radius 1 is 1.38 bits per heavy atom. The molecule has 0 radical (unpaired) electrons. The summed E-state index contributed by atoms with van der Waals surface area (Å²) in [6.07, 6.45) is 5.71. The third-order valence-electron chi connectivity index (χ3n) is 2.73. The third-order valence-corrected chi connectivity index (χ3v) is 2.73. The predicted octanol–water partition coefficient (Wildman–Crippen LogP) is 4.73. The predicted molar refractivity (Wildman–Crippen MR) is 57.7 cm³/mol. The molecule has 1 aliphatic rings. The van der Waals surface area contributed by atoms with E-state index < -0.39 is 5.67 Å². The van der Waals surface area contributed by atoms with Gasteiger partial charge in [-0.05, 0) is 25.2 Å². The first-order valence-electron chi connectivity index (χ1n) is 5.85. The molecular formula is C12H25F. The summed E-state index contributed by atoms with van der Waals surface area (Å²) >= 11 is 0. The van der Waals surface area contributed by atoms with Gasteiger partial charge in [0.25, 0.3) is 0 Å². The Balaban J connectivity index is 0.000000671. The smallest absolute Gasteiger partial charge is 0.111 e. The Morgan fingerprint density at radius 2 is 2.00 bits per heavy atom. The number of hydrogen-bond donors (Lipinski definition) is 0. The molecular weight excluding hydrogens is 163 g/mol. The molecule has 0 aromatic carbocycles. The Hall–Kier alpha value is -0.0700. The molecule has 1 rings (SSSR count). The van der Waals surface area contributed by atoms with Crippen LogP contribution in [0.1, 0.15) is 66.2 Å². The fourth-order valence-electron chi connectivity index (χ4n) is 2.27. The quantitative estimate of drug-likeness (QED) is 0.587. The summed E-state index contributed by atoms with van der Waals surface area (Å²) in [6.45, 7) is 8.24. The van der Waals surface area contributed by atoms with E-state index in [4.69, 9.17) is 0 Å². The molecule has 0 heterocycles. The maximum absolute atomic E-state index is 13.8. The van der Waals surface area contributed by atoms with Crippen LogP contribution in [0.15, 0.2) is 0 Å². The van der Waals surface area contributed by atoms with Gasteiger partial charge >= 0.3 is 0 Å². The maximum atomic E-state index is 13.8. The van der Waals surface area contributed by atoms with Gasteiger partial charge in [-0.1, -0.05) is 47.0 Å². The second kappa shape index (κ2) is 6.39. The highest BCUT2D eigenvalue weighted by molar-refractivity contribution is 4.84. The van der Waals surface area contributed by atoms with E-state index in [2.05, 4.69) is 13.8 Å². The van der Waals surface area contributed by atoms with Gasteiger partial charge in [0, 0.05) is 0 Å². The van der Waals surface area contributed by atoms with Crippen LogP contribution in [-0.2, 0) is 0 Å². The zero-order chi connectivity index (χ0) is 10.3. The van der Waals surface area contributed by atoms with Gasteiger partial charge < -0.3 is 0 Å². The second-order valence-corrected chi connectivity index (χ2v) is 4.10. The van der Waals surface area contributed by atoms with Crippen LogP contribution >= 0.6 is 0 Å². The summed E-state index contributed by atoms with van der Waals surface area (Å²) in [6, 6.07) is 0. The van der Waals surface area contributed by atoms with Crippen LogP contribution in [0, 0.1) is 5.92 Å². The minimum absolute atomic E-state index is 0.611. The molecule has 1 heteroatoms. The second-order valence-electron chi connectivity index (χ2n) is 4.10. The van der Waals surface area contributed by atoms with Crippen molar-refractivity contribution in [1.29, 1.82) is 0 Å². The molecule has 0 nitrogen and oxygen atoms in total. The fraction of sp³-hybridized carbons (Fsp3) is 1.00. The van der Waals surface area contributed by atoms with Crippen molar-refractivity contribution in [1.82, 2.24) is 0 Å². The van der Waals surface area contributed by atoms with Gasteiger partial charge in [0.1, 0.15) is 5.67 Å². The first-order valence-corrected chi connectivity index (χ1v) is 5.85. The highest BCUT2D eigenvalue weighted by atomic mass is 19.1. The van der Waals surface area contributed by atoms with Crippen molar-refractivity contribution in [2.24, 2.45) is 5.92 Å². The molecule has 0 saturated heterocycles. The minimum Gasteiger partial charge on any atom is -0.244 e. The molecule has 2 atom stereocenters. The van der Waals surface area contributed by atoms with Crippen LogP contribution in [0.25, 0.3) is 0 Å². The Labute approximate surface area is 82.9 Å². The number of rotatable bonds is 2. The highest BCUT2D eigenvalue weighted by Gasteiger charge is 2.33. The first-order chi connectivity index (χ1) is 6.16. The van der Waals surface area contributed by atoms with Crippen molar-refractivity contribution in [3.8, 4) is 0 Å². The van der Waals surface area contributed by atoms with Gasteiger partial charge in [0.15, 0.2) is 0 Å². The zero-order valence-corrected chi connectivity index (χ0v) is 9.70. The first kappa shape index (κ1) is 12.9. The average molecular weight is 188 g/mol. The van der Waals surface area contributed by atoms with Crippen LogP contribution in [0.5, 0.6) is 0 Å². The van der Waals surface area contributed by atoms with E-state index in [1.807, 2.05) is 13.8 Å². The van der Waals surface area contributed by atoms with Crippen LogP contribution in [-0.4, -0.2) is 5.67 Å². The van der Waals surface area contributed by atoms with Gasteiger partial charge in [0.2, 0.25) is 0 Å². The standard InChI is InChI=1S/C10H19F.C2H6/c1-3-6-10(11)7-4-5-9(2)8-10;1-2/h9H,3-8H2,1-2H3;1-2H3/t9-,10+;/m1./s1. The summed E-state index contributed by atoms with van der Waals surface area (Å²) in [5.74, 6) is 0.611. The van der Waals surface area contributed by atoms with Crippen molar-refractivity contribution in [2.45, 2.75) is 71.9 Å². The van der Waals surface area contributed by atoms with Crippen LogP contribution in [0.2, 0.25) is 0 Å². The Morgan fingerprint density at radius 3 is 2.46 bits per heavy atom. The summed E-state index contributed by atoms with van der Waals surface area (Å²) < 4.78 is 13.8. The molecule has 0 aromatic rings. The molecule has 0 aromatic heterocycles. The van der Waals surface area contributed by atoms with Crippen molar-refractivity contribution < 1.29 is 4.39 Å². The molecule has 0 unspecified atom stereocenters. The third kappa shape index (κ3) is 4.64. The van der Waals surface area contributed by atoms with Crippen LogP contribution < -0.4 is 0 Å². The molecule has 0 bridgehead atoms. The highest BCUT2D eigenvalue weighted by Crippen LogP contribution is 2.38. The van der Waals surface area contributed by atoms with E-state index in [1.165, 1.54) is 6.42 Å². The minimum atomic E-state index is -0.799.